The molecule has 0 saturated carbocycles. The van der Waals surface area contributed by atoms with E-state index in [2.05, 4.69) is 72.9 Å². The van der Waals surface area contributed by atoms with Crippen molar-refractivity contribution >= 4 is 39.8 Å². The molecule has 7 rings (SSSR count). The van der Waals surface area contributed by atoms with E-state index >= 15 is 0 Å². The Balaban J connectivity index is 0.00000514. The van der Waals surface area contributed by atoms with Crippen LogP contribution in [0.5, 0.6) is 5.75 Å². The number of hydrogen-bond donors (Lipinski definition) is 3. The summed E-state index contributed by atoms with van der Waals surface area (Å²) in [6, 6.07) is 36.4. The Kier molecular flexibility index (Phi) is 15.2. The van der Waals surface area contributed by atoms with E-state index in [1.807, 2.05) is 72.8 Å². The first-order valence-corrected chi connectivity index (χ1v) is 19.4. The number of carbonyl (C=O) groups excluding carboxylic acids is 1. The van der Waals surface area contributed by atoms with Crippen LogP contribution in [0.25, 0.3) is 10.9 Å². The zero-order valence-electron chi connectivity index (χ0n) is 31.6. The summed E-state index contributed by atoms with van der Waals surface area (Å²) in [6.45, 7) is 10.2. The quantitative estimate of drug-likeness (QED) is 0.0658. The number of halogens is 1. The lowest BCUT2D eigenvalue weighted by atomic mass is 10.0. The molecule has 55 heavy (non-hydrogen) atoms. The molecule has 1 unspecified atom stereocenters. The Hall–Kier alpha value is -4.68. The first-order chi connectivity index (χ1) is 26.7. The highest BCUT2D eigenvalue weighted by Crippen LogP contribution is 2.30. The Bertz CT molecular complexity index is 1910. The summed E-state index contributed by atoms with van der Waals surface area (Å²) in [6.07, 6.45) is 3.91. The lowest BCUT2D eigenvalue weighted by molar-refractivity contribution is -0.127. The van der Waals surface area contributed by atoms with Crippen LogP contribution in [0.4, 0.5) is 0 Å². The molecule has 0 spiro atoms. The molecule has 2 fully saturated rings. The van der Waals surface area contributed by atoms with E-state index in [0.29, 0.717) is 13.2 Å². The fraction of sp³-hybridized carbons (Fsp3) is 0.364. The number of fused-ring (bicyclic) bond motifs is 1. The molecular formula is C44H54BrN7O3. The van der Waals surface area contributed by atoms with Crippen molar-refractivity contribution in [2.75, 3.05) is 72.1 Å². The van der Waals surface area contributed by atoms with Gasteiger partial charge in [0.2, 0.25) is 5.91 Å². The van der Waals surface area contributed by atoms with Crippen molar-refractivity contribution in [3.8, 4) is 5.75 Å². The highest BCUT2D eigenvalue weighted by atomic mass is 79.9. The van der Waals surface area contributed by atoms with Gasteiger partial charge in [-0.1, -0.05) is 97.1 Å². The van der Waals surface area contributed by atoms with Crippen molar-refractivity contribution in [3.63, 3.8) is 0 Å². The zero-order valence-corrected chi connectivity index (χ0v) is 33.3. The molecule has 2 saturated heterocycles. The van der Waals surface area contributed by atoms with Crippen LogP contribution < -0.4 is 15.4 Å². The molecule has 4 aromatic carbocycles. The molecule has 0 aliphatic carbocycles. The van der Waals surface area contributed by atoms with Crippen LogP contribution in [-0.4, -0.2) is 104 Å². The van der Waals surface area contributed by atoms with Crippen molar-refractivity contribution in [1.29, 1.82) is 0 Å². The number of rotatable bonds is 15. The predicted octanol–water partition coefficient (Wildman–Crippen LogP) is 6.21. The SMILES string of the molecule is Br.O=C(NCc1ccccc1)C(c1ccccc1)N1CCN(C(=NCCCN2CCOCC2)NCCc2c[nH]c3cccc(OCc4ccccc4)c23)CC1. The van der Waals surface area contributed by atoms with Crippen molar-refractivity contribution in [3.05, 3.63) is 138 Å². The average Bonchev–Trinajstić information content (AvgIpc) is 3.65. The van der Waals surface area contributed by atoms with E-state index < -0.39 is 0 Å². The molecule has 11 heteroatoms. The summed E-state index contributed by atoms with van der Waals surface area (Å²) >= 11 is 0. The molecule has 3 heterocycles. The van der Waals surface area contributed by atoms with Crippen molar-refractivity contribution in [2.24, 2.45) is 4.99 Å². The van der Waals surface area contributed by atoms with E-state index in [9.17, 15) is 4.79 Å². The van der Waals surface area contributed by atoms with Gasteiger partial charge >= 0.3 is 0 Å². The summed E-state index contributed by atoms with van der Waals surface area (Å²) in [7, 11) is 0. The second kappa shape index (κ2) is 20.8. The minimum atomic E-state index is -0.362. The van der Waals surface area contributed by atoms with Crippen LogP contribution in [0.2, 0.25) is 0 Å². The summed E-state index contributed by atoms with van der Waals surface area (Å²) in [5.41, 5.74) is 5.53. The van der Waals surface area contributed by atoms with Gasteiger partial charge in [0.05, 0.1) is 13.2 Å². The van der Waals surface area contributed by atoms with Gasteiger partial charge in [-0.2, -0.15) is 0 Å². The minimum Gasteiger partial charge on any atom is -0.488 e. The van der Waals surface area contributed by atoms with Gasteiger partial charge in [-0.05, 0) is 47.2 Å². The largest absolute Gasteiger partial charge is 0.488 e. The van der Waals surface area contributed by atoms with Gasteiger partial charge in [0, 0.05) is 82.5 Å². The van der Waals surface area contributed by atoms with Crippen LogP contribution in [-0.2, 0) is 29.1 Å². The van der Waals surface area contributed by atoms with E-state index in [4.69, 9.17) is 14.5 Å². The summed E-state index contributed by atoms with van der Waals surface area (Å²) < 4.78 is 11.9. The van der Waals surface area contributed by atoms with Crippen LogP contribution in [0.15, 0.2) is 120 Å². The Morgan fingerprint density at radius 2 is 1.49 bits per heavy atom. The summed E-state index contributed by atoms with van der Waals surface area (Å²) in [5, 5.41) is 8.08. The molecule has 1 atom stereocenters. The van der Waals surface area contributed by atoms with Gasteiger partial charge in [-0.25, -0.2) is 0 Å². The molecule has 0 radical (unpaired) electrons. The Morgan fingerprint density at radius 3 is 2.22 bits per heavy atom. The molecule has 1 amide bonds. The van der Waals surface area contributed by atoms with Gasteiger partial charge in [-0.3, -0.25) is 19.6 Å². The number of H-pyrrole nitrogens is 1. The van der Waals surface area contributed by atoms with Crippen LogP contribution >= 0.6 is 17.0 Å². The summed E-state index contributed by atoms with van der Waals surface area (Å²) in [4.78, 5) is 29.6. The number of aromatic amines is 1. The van der Waals surface area contributed by atoms with Crippen LogP contribution in [0, 0.1) is 0 Å². The van der Waals surface area contributed by atoms with Gasteiger partial charge in [-0.15, -0.1) is 17.0 Å². The second-order valence-electron chi connectivity index (χ2n) is 14.0. The van der Waals surface area contributed by atoms with E-state index in [0.717, 1.165) is 124 Å². The maximum atomic E-state index is 13.8. The highest BCUT2D eigenvalue weighted by molar-refractivity contribution is 8.93. The zero-order chi connectivity index (χ0) is 36.8. The summed E-state index contributed by atoms with van der Waals surface area (Å²) in [5.74, 6) is 1.85. The molecule has 5 aromatic rings. The number of carbonyl (C=O) groups is 1. The maximum Gasteiger partial charge on any atom is 0.242 e. The number of aromatic nitrogens is 1. The third-order valence-corrected chi connectivity index (χ3v) is 10.3. The minimum absolute atomic E-state index is 0. The molecule has 2 aliphatic heterocycles. The number of nitrogens with one attached hydrogen (secondary N) is 3. The van der Waals surface area contributed by atoms with Crippen molar-refractivity contribution in [2.45, 2.75) is 32.0 Å². The normalized spacial score (nSPS) is 16.0. The average molecular weight is 809 g/mol. The topological polar surface area (TPSA) is 97.5 Å². The maximum absolute atomic E-state index is 13.8. The lowest BCUT2D eigenvalue weighted by Crippen LogP contribution is -2.55. The number of benzene rings is 4. The van der Waals surface area contributed by atoms with Gasteiger partial charge < -0.3 is 30.0 Å². The monoisotopic (exact) mass is 807 g/mol. The Morgan fingerprint density at radius 1 is 0.800 bits per heavy atom. The van der Waals surface area contributed by atoms with Gasteiger partial charge in [0.1, 0.15) is 18.4 Å². The third-order valence-electron chi connectivity index (χ3n) is 10.3. The first-order valence-electron chi connectivity index (χ1n) is 19.4. The number of morpholine rings is 1. The van der Waals surface area contributed by atoms with E-state index in [1.54, 1.807) is 0 Å². The van der Waals surface area contributed by atoms with E-state index in [1.165, 1.54) is 5.56 Å². The van der Waals surface area contributed by atoms with Crippen LogP contribution in [0.1, 0.15) is 34.7 Å². The fourth-order valence-corrected chi connectivity index (χ4v) is 7.39. The fourth-order valence-electron chi connectivity index (χ4n) is 7.39. The van der Waals surface area contributed by atoms with Crippen molar-refractivity contribution in [1.82, 2.24) is 30.3 Å². The van der Waals surface area contributed by atoms with Crippen LogP contribution in [0.3, 0.4) is 0 Å². The number of amides is 1. The first kappa shape index (κ1) is 40.0. The molecule has 10 nitrogen and oxygen atoms in total. The smallest absolute Gasteiger partial charge is 0.242 e. The van der Waals surface area contributed by atoms with Gasteiger partial charge in [0.25, 0.3) is 0 Å². The number of piperazine rings is 1. The predicted molar refractivity (Wildman–Crippen MR) is 226 cm³/mol. The number of nitrogens with zero attached hydrogens (tertiary/aromatic N) is 4. The highest BCUT2D eigenvalue weighted by Gasteiger charge is 2.31. The van der Waals surface area contributed by atoms with Gasteiger partial charge in [0.15, 0.2) is 5.96 Å². The number of hydrogen-bond acceptors (Lipinski definition) is 6. The standard InChI is InChI=1S/C44H53N7O3.BrH/c52-43(48-32-35-12-4-1-5-13-35)42(37-16-8-3-9-17-37)50-24-26-51(27-25-50)44(45-21-11-23-49-28-30-53-31-29-49)46-22-20-38-33-47-39-18-10-19-40(41(38)39)54-34-36-14-6-2-7-15-36;/h1-10,12-19,33,42,47H,11,20-32,34H2,(H,45,46)(H,48,52);1H. The molecule has 3 N–H and O–H groups in total. The molecule has 2 aliphatic rings. The molecule has 1 aromatic heterocycles. The third kappa shape index (κ3) is 11.2. The molecule has 290 valence electrons. The number of aliphatic imine (C=N–C) groups is 1. The number of guanidine groups is 1. The molecular weight excluding hydrogens is 754 g/mol. The second-order valence-corrected chi connectivity index (χ2v) is 14.0. The molecule has 0 bridgehead atoms. The van der Waals surface area contributed by atoms with Crippen molar-refractivity contribution < 1.29 is 14.3 Å². The van der Waals surface area contributed by atoms with E-state index in [-0.39, 0.29) is 28.9 Å². The lowest BCUT2D eigenvalue weighted by Gasteiger charge is -2.40. The Labute approximate surface area is 335 Å². The number of ether oxygens (including phenoxy) is 2.